The number of hydrogen-bond donors (Lipinski definition) is 2. The average Bonchev–Trinajstić information content (AvgIpc) is 3.06. The predicted molar refractivity (Wildman–Crippen MR) is 110 cm³/mol. The van der Waals surface area contributed by atoms with Crippen molar-refractivity contribution < 1.29 is 4.79 Å². The maximum absolute atomic E-state index is 12.5. The van der Waals surface area contributed by atoms with Gasteiger partial charge in [-0.15, -0.1) is 24.8 Å². The Bertz CT molecular complexity index is 721. The Balaban J connectivity index is 0.00000121. The molecule has 1 saturated carbocycles. The highest BCUT2D eigenvalue weighted by Crippen LogP contribution is 2.33. The van der Waals surface area contributed by atoms with E-state index in [1.54, 1.807) is 0 Å². The summed E-state index contributed by atoms with van der Waals surface area (Å²) in [6, 6.07) is 10.8. The molecular weight excluding hydrogens is 369 g/mol. The normalized spacial score (nSPS) is 24.2. The van der Waals surface area contributed by atoms with Crippen molar-refractivity contribution >= 4 is 41.6 Å². The lowest BCUT2D eigenvalue weighted by Gasteiger charge is -2.24. The summed E-state index contributed by atoms with van der Waals surface area (Å²) in [6.45, 7) is 0.669. The van der Waals surface area contributed by atoms with Gasteiger partial charge in [0.2, 0.25) is 5.91 Å². The number of aromatic nitrogens is 1. The van der Waals surface area contributed by atoms with Crippen LogP contribution < -0.4 is 10.6 Å². The summed E-state index contributed by atoms with van der Waals surface area (Å²) >= 11 is 0. The highest BCUT2D eigenvalue weighted by atomic mass is 35.5. The average molecular weight is 396 g/mol. The number of carbonyl (C=O) groups is 1. The lowest BCUT2D eigenvalue weighted by molar-refractivity contribution is -0.122. The summed E-state index contributed by atoms with van der Waals surface area (Å²) in [6.07, 6.45) is 8.79. The molecule has 1 aromatic heterocycles. The Morgan fingerprint density at radius 3 is 2.81 bits per heavy atom. The molecule has 1 aliphatic heterocycles. The van der Waals surface area contributed by atoms with Crippen LogP contribution in [0.4, 0.5) is 0 Å². The minimum atomic E-state index is 0. The van der Waals surface area contributed by atoms with E-state index in [-0.39, 0.29) is 36.8 Å². The van der Waals surface area contributed by atoms with Crippen molar-refractivity contribution in [2.45, 2.75) is 50.6 Å². The maximum atomic E-state index is 12.5. The molecular formula is C20H27Cl2N3O. The van der Waals surface area contributed by atoms with Gasteiger partial charge in [-0.1, -0.05) is 37.1 Å². The van der Waals surface area contributed by atoms with Crippen LogP contribution >= 0.6 is 24.8 Å². The zero-order valence-electron chi connectivity index (χ0n) is 14.8. The summed E-state index contributed by atoms with van der Waals surface area (Å²) in [7, 11) is 0. The van der Waals surface area contributed by atoms with E-state index in [0.29, 0.717) is 18.5 Å². The Labute approximate surface area is 167 Å². The molecule has 1 aromatic carbocycles. The molecule has 1 saturated heterocycles. The molecule has 2 heterocycles. The van der Waals surface area contributed by atoms with E-state index in [1.165, 1.54) is 31.2 Å². The van der Waals surface area contributed by atoms with Crippen molar-refractivity contribution in [1.82, 2.24) is 15.6 Å². The van der Waals surface area contributed by atoms with Crippen molar-refractivity contribution in [2.75, 3.05) is 6.54 Å². The molecule has 4 rings (SSSR count). The second-order valence-corrected chi connectivity index (χ2v) is 7.14. The number of benzene rings is 1. The fourth-order valence-corrected chi connectivity index (χ4v) is 4.33. The van der Waals surface area contributed by atoms with Crippen LogP contribution in [0, 0.1) is 5.92 Å². The van der Waals surface area contributed by atoms with Gasteiger partial charge in [0.15, 0.2) is 0 Å². The first-order valence-corrected chi connectivity index (χ1v) is 9.17. The summed E-state index contributed by atoms with van der Waals surface area (Å²) in [4.78, 5) is 16.9. The minimum Gasteiger partial charge on any atom is -0.354 e. The van der Waals surface area contributed by atoms with Gasteiger partial charge in [-0.3, -0.25) is 9.78 Å². The van der Waals surface area contributed by atoms with Gasteiger partial charge in [-0.25, -0.2) is 0 Å². The number of nitrogens with zero attached hydrogens (tertiary/aromatic N) is 1. The van der Waals surface area contributed by atoms with Crippen molar-refractivity contribution in [2.24, 2.45) is 5.92 Å². The van der Waals surface area contributed by atoms with Crippen molar-refractivity contribution in [3.05, 3.63) is 42.1 Å². The van der Waals surface area contributed by atoms with Crippen LogP contribution in [0.25, 0.3) is 10.9 Å². The highest BCUT2D eigenvalue weighted by molar-refractivity contribution is 5.85. The van der Waals surface area contributed by atoms with Gasteiger partial charge in [0.05, 0.1) is 11.6 Å². The number of pyridine rings is 1. The Kier molecular flexibility index (Phi) is 7.69. The number of hydrogen-bond acceptors (Lipinski definition) is 3. The van der Waals surface area contributed by atoms with Crippen LogP contribution in [0.3, 0.4) is 0 Å². The third-order valence-electron chi connectivity index (χ3n) is 5.59. The van der Waals surface area contributed by atoms with E-state index < -0.39 is 0 Å². The first kappa shape index (κ1) is 20.9. The van der Waals surface area contributed by atoms with Gasteiger partial charge in [-0.2, -0.15) is 0 Å². The van der Waals surface area contributed by atoms with Crippen molar-refractivity contribution in [1.29, 1.82) is 0 Å². The molecule has 3 atom stereocenters. The largest absolute Gasteiger partial charge is 0.354 e. The molecule has 142 valence electrons. The predicted octanol–water partition coefficient (Wildman–Crippen LogP) is 3.66. The number of halogens is 2. The van der Waals surface area contributed by atoms with Crippen molar-refractivity contribution in [3.8, 4) is 0 Å². The lowest BCUT2D eigenvalue weighted by atomic mass is 9.85. The fraction of sp³-hybridized carbons (Fsp3) is 0.500. The van der Waals surface area contributed by atoms with Crippen LogP contribution in [-0.4, -0.2) is 29.5 Å². The highest BCUT2D eigenvalue weighted by Gasteiger charge is 2.37. The Morgan fingerprint density at radius 1 is 1.15 bits per heavy atom. The Morgan fingerprint density at radius 2 is 1.96 bits per heavy atom. The van der Waals surface area contributed by atoms with Crippen LogP contribution in [0.1, 0.15) is 37.7 Å². The molecule has 2 aliphatic rings. The monoisotopic (exact) mass is 395 g/mol. The quantitative estimate of drug-likeness (QED) is 0.830. The van der Waals surface area contributed by atoms with Gasteiger partial charge >= 0.3 is 0 Å². The first-order valence-electron chi connectivity index (χ1n) is 9.17. The van der Waals surface area contributed by atoms with E-state index >= 15 is 0 Å². The second kappa shape index (κ2) is 9.54. The topological polar surface area (TPSA) is 54.0 Å². The maximum Gasteiger partial charge on any atom is 0.237 e. The Hall–Kier alpha value is -1.36. The third-order valence-corrected chi connectivity index (χ3v) is 5.59. The molecule has 3 unspecified atom stereocenters. The fourth-order valence-electron chi connectivity index (χ4n) is 4.33. The molecule has 4 nitrogen and oxygen atoms in total. The lowest BCUT2D eigenvalue weighted by Crippen LogP contribution is -2.43. The van der Waals surface area contributed by atoms with Gasteiger partial charge in [0.25, 0.3) is 0 Å². The van der Waals surface area contributed by atoms with Crippen molar-refractivity contribution in [3.63, 3.8) is 0 Å². The van der Waals surface area contributed by atoms with E-state index in [9.17, 15) is 4.79 Å². The van der Waals surface area contributed by atoms with Gasteiger partial charge in [0.1, 0.15) is 0 Å². The van der Waals surface area contributed by atoms with E-state index in [2.05, 4.69) is 39.9 Å². The number of fused-ring (bicyclic) bond motifs is 2. The summed E-state index contributed by atoms with van der Waals surface area (Å²) in [5, 5.41) is 7.82. The van der Waals surface area contributed by atoms with E-state index in [4.69, 9.17) is 0 Å². The SMILES string of the molecule is Cl.Cl.O=C(NCCc1cccc2cccnc12)C1CC2CCCCC2N1. The van der Waals surface area contributed by atoms with Gasteiger partial charge in [0, 0.05) is 24.2 Å². The molecule has 6 heteroatoms. The number of amides is 1. The zero-order valence-corrected chi connectivity index (χ0v) is 16.5. The summed E-state index contributed by atoms with van der Waals surface area (Å²) < 4.78 is 0. The molecule has 2 fully saturated rings. The number of para-hydroxylation sites is 1. The zero-order chi connectivity index (χ0) is 16.4. The second-order valence-electron chi connectivity index (χ2n) is 7.14. The molecule has 2 aromatic rings. The molecule has 0 radical (unpaired) electrons. The smallest absolute Gasteiger partial charge is 0.237 e. The van der Waals surface area contributed by atoms with Crippen LogP contribution in [-0.2, 0) is 11.2 Å². The number of carbonyl (C=O) groups excluding carboxylic acids is 1. The minimum absolute atomic E-state index is 0. The van der Waals surface area contributed by atoms with Crippen LogP contribution in [0.2, 0.25) is 0 Å². The standard InChI is InChI=1S/C20H25N3O.2ClH/c24-20(18-13-16-5-1-2-9-17(16)23-18)22-12-10-15-7-3-6-14-8-4-11-21-19(14)15;;/h3-4,6-8,11,16-18,23H,1-2,5,9-10,12-13H2,(H,22,24);2*1H. The molecule has 0 bridgehead atoms. The number of rotatable bonds is 4. The molecule has 26 heavy (non-hydrogen) atoms. The molecule has 1 aliphatic carbocycles. The molecule has 0 spiro atoms. The van der Waals surface area contributed by atoms with E-state index in [0.717, 1.165) is 23.7 Å². The van der Waals surface area contributed by atoms with Gasteiger partial charge < -0.3 is 10.6 Å². The van der Waals surface area contributed by atoms with Gasteiger partial charge in [-0.05, 0) is 43.2 Å². The molecule has 1 amide bonds. The third kappa shape index (κ3) is 4.48. The first-order chi connectivity index (χ1) is 11.8. The number of nitrogens with one attached hydrogen (secondary N) is 2. The summed E-state index contributed by atoms with van der Waals surface area (Å²) in [5.41, 5.74) is 2.24. The van der Waals surface area contributed by atoms with Crippen LogP contribution in [0.5, 0.6) is 0 Å². The summed E-state index contributed by atoms with van der Waals surface area (Å²) in [5.74, 6) is 0.870. The van der Waals surface area contributed by atoms with E-state index in [1.807, 2.05) is 12.3 Å². The van der Waals surface area contributed by atoms with Crippen LogP contribution in [0.15, 0.2) is 36.5 Å². The molecule has 2 N–H and O–H groups in total.